The van der Waals surface area contributed by atoms with Gasteiger partial charge in [-0.1, -0.05) is 30.3 Å². The van der Waals surface area contributed by atoms with E-state index < -0.39 is 0 Å². The Morgan fingerprint density at radius 3 is 2.74 bits per heavy atom. The number of ketones is 1. The molecule has 0 saturated heterocycles. The highest BCUT2D eigenvalue weighted by Gasteiger charge is 2.15. The van der Waals surface area contributed by atoms with Crippen molar-refractivity contribution < 1.29 is 9.53 Å². The number of aromatic nitrogens is 1. The number of para-hydroxylation sites is 1. The molecule has 0 atom stereocenters. The number of allylic oxidation sites excluding steroid dienone is 1. The number of fused-ring (bicyclic) bond motifs is 1. The van der Waals surface area contributed by atoms with Crippen LogP contribution in [-0.2, 0) is 6.54 Å². The number of benzene rings is 2. The second-order valence-corrected chi connectivity index (χ2v) is 5.93. The molecule has 132 valence electrons. The van der Waals surface area contributed by atoms with Crippen molar-refractivity contribution in [3.63, 3.8) is 0 Å². The molecule has 0 bridgehead atoms. The standard InChI is InChI=1S/C22H17N3O2/c1-27-19-7-4-6-16(13-19)22(26)17(14-24)12-18-15-25(11-5-10-23)21-9-3-2-8-20(18)21/h2-4,6-9,12-13,15H,5,11H2,1H3/b17-12+. The van der Waals surface area contributed by atoms with Crippen LogP contribution in [-0.4, -0.2) is 17.5 Å². The van der Waals surface area contributed by atoms with E-state index in [1.807, 2.05) is 41.1 Å². The zero-order chi connectivity index (χ0) is 19.2. The highest BCUT2D eigenvalue weighted by atomic mass is 16.5. The molecule has 3 rings (SSSR count). The normalized spacial score (nSPS) is 11.0. The number of methoxy groups -OCH3 is 1. The van der Waals surface area contributed by atoms with Crippen LogP contribution < -0.4 is 4.74 Å². The van der Waals surface area contributed by atoms with E-state index in [1.54, 1.807) is 30.3 Å². The van der Waals surface area contributed by atoms with Gasteiger partial charge in [0.05, 0.1) is 19.6 Å². The minimum absolute atomic E-state index is 0.0476. The molecule has 0 radical (unpaired) electrons. The predicted octanol–water partition coefficient (Wildman–Crippen LogP) is 4.35. The molecule has 0 unspecified atom stereocenters. The molecule has 3 aromatic rings. The van der Waals surface area contributed by atoms with Gasteiger partial charge in [-0.15, -0.1) is 0 Å². The summed E-state index contributed by atoms with van der Waals surface area (Å²) >= 11 is 0. The van der Waals surface area contributed by atoms with E-state index in [9.17, 15) is 10.1 Å². The summed E-state index contributed by atoms with van der Waals surface area (Å²) in [5.41, 5.74) is 2.18. The lowest BCUT2D eigenvalue weighted by atomic mass is 10.0. The SMILES string of the molecule is COc1cccc(C(=O)/C(C#N)=C/c2cn(CCC#N)c3ccccc23)c1. The Balaban J connectivity index is 2.04. The molecule has 1 heterocycles. The van der Waals surface area contributed by atoms with Crippen LogP contribution in [0.5, 0.6) is 5.75 Å². The molecule has 0 spiro atoms. The van der Waals surface area contributed by atoms with Crippen molar-refractivity contribution in [3.8, 4) is 17.9 Å². The number of aryl methyl sites for hydroxylation is 1. The number of rotatable bonds is 6. The third kappa shape index (κ3) is 3.73. The smallest absolute Gasteiger partial charge is 0.203 e. The van der Waals surface area contributed by atoms with Gasteiger partial charge in [-0.05, 0) is 24.3 Å². The van der Waals surface area contributed by atoms with Crippen LogP contribution in [0.25, 0.3) is 17.0 Å². The number of carbonyl (C=O) groups excluding carboxylic acids is 1. The maximum atomic E-state index is 12.8. The topological polar surface area (TPSA) is 78.8 Å². The molecule has 0 saturated carbocycles. The number of hydrogen-bond donors (Lipinski definition) is 0. The lowest BCUT2D eigenvalue weighted by molar-refractivity contribution is 0.103. The molecule has 5 nitrogen and oxygen atoms in total. The second-order valence-electron chi connectivity index (χ2n) is 5.93. The maximum Gasteiger partial charge on any atom is 0.203 e. The highest BCUT2D eigenvalue weighted by molar-refractivity contribution is 6.15. The number of nitrogens with zero attached hydrogens (tertiary/aromatic N) is 3. The fourth-order valence-electron chi connectivity index (χ4n) is 2.97. The third-order valence-electron chi connectivity index (χ3n) is 4.28. The summed E-state index contributed by atoms with van der Waals surface area (Å²) in [6, 6.07) is 18.6. The quantitative estimate of drug-likeness (QED) is 0.374. The van der Waals surface area contributed by atoms with Gasteiger partial charge in [0.15, 0.2) is 0 Å². The number of nitriles is 2. The van der Waals surface area contributed by atoms with Crippen LogP contribution in [0.3, 0.4) is 0 Å². The molecule has 0 aliphatic heterocycles. The molecule has 27 heavy (non-hydrogen) atoms. The van der Waals surface area contributed by atoms with Crippen LogP contribution in [0.1, 0.15) is 22.3 Å². The molecule has 0 fully saturated rings. The first kappa shape index (κ1) is 18.0. The van der Waals surface area contributed by atoms with Gasteiger partial charge in [-0.3, -0.25) is 4.79 Å². The molecule has 0 amide bonds. The van der Waals surface area contributed by atoms with Crippen molar-refractivity contribution in [2.75, 3.05) is 7.11 Å². The number of ether oxygens (including phenoxy) is 1. The van der Waals surface area contributed by atoms with Gasteiger partial charge >= 0.3 is 0 Å². The van der Waals surface area contributed by atoms with Crippen molar-refractivity contribution in [1.29, 1.82) is 10.5 Å². The molecule has 0 N–H and O–H groups in total. The zero-order valence-corrected chi connectivity index (χ0v) is 14.8. The monoisotopic (exact) mass is 355 g/mol. The second kappa shape index (κ2) is 8.03. The largest absolute Gasteiger partial charge is 0.497 e. The van der Waals surface area contributed by atoms with E-state index in [1.165, 1.54) is 7.11 Å². The molecule has 0 aliphatic rings. The molecule has 0 aliphatic carbocycles. The first-order valence-corrected chi connectivity index (χ1v) is 8.43. The molecular formula is C22H17N3O2. The summed E-state index contributed by atoms with van der Waals surface area (Å²) in [4.78, 5) is 12.8. The lowest BCUT2D eigenvalue weighted by Crippen LogP contribution is -2.02. The summed E-state index contributed by atoms with van der Waals surface area (Å²) < 4.78 is 7.12. The summed E-state index contributed by atoms with van der Waals surface area (Å²) in [6.07, 6.45) is 3.86. The van der Waals surface area contributed by atoms with Crippen molar-refractivity contribution in [3.05, 3.63) is 71.4 Å². The Kier molecular flexibility index (Phi) is 5.35. The minimum atomic E-state index is -0.356. The van der Waals surface area contributed by atoms with Crippen LogP contribution in [0.15, 0.2) is 60.3 Å². The van der Waals surface area contributed by atoms with E-state index >= 15 is 0 Å². The first-order chi connectivity index (χ1) is 13.2. The minimum Gasteiger partial charge on any atom is -0.497 e. The summed E-state index contributed by atoms with van der Waals surface area (Å²) in [5, 5.41) is 19.3. The lowest BCUT2D eigenvalue weighted by Gasteiger charge is -2.03. The molecule has 1 aromatic heterocycles. The van der Waals surface area contributed by atoms with Crippen LogP contribution in [0.2, 0.25) is 0 Å². The van der Waals surface area contributed by atoms with Gasteiger partial charge in [0.2, 0.25) is 5.78 Å². The van der Waals surface area contributed by atoms with E-state index in [-0.39, 0.29) is 11.4 Å². The predicted molar refractivity (Wildman–Crippen MR) is 103 cm³/mol. The van der Waals surface area contributed by atoms with Crippen LogP contribution in [0, 0.1) is 22.7 Å². The summed E-state index contributed by atoms with van der Waals surface area (Å²) in [6.45, 7) is 0.552. The van der Waals surface area contributed by atoms with E-state index in [0.29, 0.717) is 24.3 Å². The van der Waals surface area contributed by atoms with Crippen molar-refractivity contribution in [2.24, 2.45) is 0 Å². The van der Waals surface area contributed by atoms with Crippen LogP contribution in [0.4, 0.5) is 0 Å². The fourth-order valence-corrected chi connectivity index (χ4v) is 2.97. The number of Topliss-reactive ketones (excluding diaryl/α,β-unsaturated/α-hetero) is 1. The summed E-state index contributed by atoms with van der Waals surface area (Å²) in [5.74, 6) is 0.205. The van der Waals surface area contributed by atoms with Crippen molar-refractivity contribution >= 4 is 22.8 Å². The average Bonchev–Trinajstić information content (AvgIpc) is 3.07. The molecule has 5 heteroatoms. The number of carbonyl (C=O) groups is 1. The fraction of sp³-hybridized carbons (Fsp3) is 0.136. The Hall–Kier alpha value is -3.83. The first-order valence-electron chi connectivity index (χ1n) is 8.43. The van der Waals surface area contributed by atoms with Gasteiger partial charge in [0, 0.05) is 34.8 Å². The number of hydrogen-bond acceptors (Lipinski definition) is 4. The van der Waals surface area contributed by atoms with E-state index in [4.69, 9.17) is 10.00 Å². The Morgan fingerprint density at radius 1 is 1.19 bits per heavy atom. The maximum absolute atomic E-state index is 12.8. The molecule has 2 aromatic carbocycles. The average molecular weight is 355 g/mol. The van der Waals surface area contributed by atoms with Crippen LogP contribution >= 0.6 is 0 Å². The van der Waals surface area contributed by atoms with Gasteiger partial charge in [-0.25, -0.2) is 0 Å². The Labute approximate surface area is 157 Å². The Bertz CT molecular complexity index is 1110. The zero-order valence-electron chi connectivity index (χ0n) is 14.8. The van der Waals surface area contributed by atoms with E-state index in [0.717, 1.165) is 16.5 Å². The van der Waals surface area contributed by atoms with Gasteiger partial charge in [-0.2, -0.15) is 10.5 Å². The third-order valence-corrected chi connectivity index (χ3v) is 4.28. The van der Waals surface area contributed by atoms with Crippen molar-refractivity contribution in [2.45, 2.75) is 13.0 Å². The summed E-state index contributed by atoms with van der Waals surface area (Å²) in [7, 11) is 1.53. The van der Waals surface area contributed by atoms with Gasteiger partial charge in [0.1, 0.15) is 17.4 Å². The van der Waals surface area contributed by atoms with E-state index in [2.05, 4.69) is 6.07 Å². The van der Waals surface area contributed by atoms with Gasteiger partial charge in [0.25, 0.3) is 0 Å². The van der Waals surface area contributed by atoms with Crippen molar-refractivity contribution in [1.82, 2.24) is 4.57 Å². The highest BCUT2D eigenvalue weighted by Crippen LogP contribution is 2.25. The molecular weight excluding hydrogens is 338 g/mol. The Morgan fingerprint density at radius 2 is 2.00 bits per heavy atom. The van der Waals surface area contributed by atoms with Gasteiger partial charge < -0.3 is 9.30 Å².